The van der Waals surface area contributed by atoms with Crippen LogP contribution in [-0.4, -0.2) is 41.1 Å². The van der Waals surface area contributed by atoms with E-state index in [0.29, 0.717) is 19.3 Å². The number of carboxylic acids is 1. The van der Waals surface area contributed by atoms with Crippen LogP contribution in [0.2, 0.25) is 0 Å². The summed E-state index contributed by atoms with van der Waals surface area (Å²) in [5, 5.41) is 8.89. The molecule has 0 spiro atoms. The molecule has 1 aliphatic heterocycles. The lowest BCUT2D eigenvalue weighted by Gasteiger charge is -2.29. The van der Waals surface area contributed by atoms with Gasteiger partial charge < -0.3 is 10.0 Å². The summed E-state index contributed by atoms with van der Waals surface area (Å²) in [6, 6.07) is 0. The molecule has 0 radical (unpaired) electrons. The van der Waals surface area contributed by atoms with Gasteiger partial charge in [0.05, 0.1) is 5.92 Å². The molecule has 1 heterocycles. The monoisotopic (exact) mass is 291 g/mol. The predicted molar refractivity (Wildman–Crippen MR) is 63.8 cm³/mol. The highest BCUT2D eigenvalue weighted by Crippen LogP contribution is 2.34. The molecule has 1 saturated carbocycles. The fourth-order valence-corrected chi connectivity index (χ4v) is 2.82. The number of hydrogen-bond acceptors (Lipinski definition) is 2. The second-order valence-corrected chi connectivity index (χ2v) is 5.31. The molecule has 1 amide bonds. The molecule has 2 aliphatic rings. The SMILES string of the molecule is O=C(O)[C@@H]1CC[C@H](C(=O)N2CC=C(C(F)(F)F)CC2)C1. The molecule has 1 N–H and O–H groups in total. The lowest BCUT2D eigenvalue weighted by molar-refractivity contribution is -0.142. The van der Waals surface area contributed by atoms with Gasteiger partial charge in [0.25, 0.3) is 0 Å². The molecule has 1 aliphatic carbocycles. The van der Waals surface area contributed by atoms with Crippen molar-refractivity contribution in [2.45, 2.75) is 31.9 Å². The van der Waals surface area contributed by atoms with Crippen molar-refractivity contribution in [3.63, 3.8) is 0 Å². The minimum atomic E-state index is -4.32. The van der Waals surface area contributed by atoms with E-state index in [1.54, 1.807) is 0 Å². The maximum absolute atomic E-state index is 12.5. The number of aliphatic carboxylic acids is 1. The Labute approximate surface area is 114 Å². The topological polar surface area (TPSA) is 57.6 Å². The molecular weight excluding hydrogens is 275 g/mol. The van der Waals surface area contributed by atoms with Gasteiger partial charge in [-0.05, 0) is 25.7 Å². The van der Waals surface area contributed by atoms with E-state index in [-0.39, 0.29) is 31.3 Å². The van der Waals surface area contributed by atoms with Crippen molar-refractivity contribution >= 4 is 11.9 Å². The smallest absolute Gasteiger partial charge is 0.412 e. The van der Waals surface area contributed by atoms with Gasteiger partial charge in [0.1, 0.15) is 0 Å². The number of amides is 1. The summed E-state index contributed by atoms with van der Waals surface area (Å²) >= 11 is 0. The maximum Gasteiger partial charge on any atom is 0.412 e. The Bertz CT molecular complexity index is 445. The molecule has 0 bridgehead atoms. The van der Waals surface area contributed by atoms with E-state index in [0.717, 1.165) is 6.08 Å². The van der Waals surface area contributed by atoms with Gasteiger partial charge in [0.2, 0.25) is 5.91 Å². The van der Waals surface area contributed by atoms with E-state index in [9.17, 15) is 22.8 Å². The third kappa shape index (κ3) is 3.13. The molecule has 2 rings (SSSR count). The van der Waals surface area contributed by atoms with Gasteiger partial charge in [-0.15, -0.1) is 0 Å². The van der Waals surface area contributed by atoms with Crippen LogP contribution in [0.15, 0.2) is 11.6 Å². The molecule has 2 atom stereocenters. The van der Waals surface area contributed by atoms with E-state index < -0.39 is 23.6 Å². The van der Waals surface area contributed by atoms with Gasteiger partial charge in [-0.2, -0.15) is 13.2 Å². The number of carbonyl (C=O) groups excluding carboxylic acids is 1. The lowest BCUT2D eigenvalue weighted by Crippen LogP contribution is -2.39. The Morgan fingerprint density at radius 2 is 1.90 bits per heavy atom. The number of halogens is 3. The van der Waals surface area contributed by atoms with Crippen LogP contribution in [0.3, 0.4) is 0 Å². The second kappa shape index (κ2) is 5.46. The normalized spacial score (nSPS) is 27.4. The molecule has 0 saturated heterocycles. The zero-order valence-corrected chi connectivity index (χ0v) is 10.8. The van der Waals surface area contributed by atoms with Crippen LogP contribution < -0.4 is 0 Å². The van der Waals surface area contributed by atoms with Gasteiger partial charge in [0.15, 0.2) is 0 Å². The van der Waals surface area contributed by atoms with Crippen LogP contribution >= 0.6 is 0 Å². The number of alkyl halides is 3. The average Bonchev–Trinajstić information content (AvgIpc) is 2.86. The van der Waals surface area contributed by atoms with E-state index in [1.807, 2.05) is 0 Å². The van der Waals surface area contributed by atoms with Crippen molar-refractivity contribution in [2.75, 3.05) is 13.1 Å². The first-order valence-electron chi connectivity index (χ1n) is 6.57. The van der Waals surface area contributed by atoms with Crippen LogP contribution in [0.5, 0.6) is 0 Å². The highest BCUT2D eigenvalue weighted by atomic mass is 19.4. The molecule has 0 aromatic heterocycles. The molecule has 4 nitrogen and oxygen atoms in total. The van der Waals surface area contributed by atoms with E-state index in [2.05, 4.69) is 0 Å². The standard InChI is InChI=1S/C13H16F3NO3/c14-13(15,16)10-3-5-17(6-4-10)11(18)8-1-2-9(7-8)12(19)20/h3,8-9H,1-2,4-7H2,(H,19,20)/t8-,9+/m0/s1. The van der Waals surface area contributed by atoms with Gasteiger partial charge >= 0.3 is 12.1 Å². The minimum Gasteiger partial charge on any atom is -0.481 e. The Morgan fingerprint density at radius 3 is 2.35 bits per heavy atom. The summed E-state index contributed by atoms with van der Waals surface area (Å²) < 4.78 is 37.4. The summed E-state index contributed by atoms with van der Waals surface area (Å²) in [5.74, 6) is -1.99. The zero-order valence-electron chi connectivity index (χ0n) is 10.8. The average molecular weight is 291 g/mol. The van der Waals surface area contributed by atoms with Gasteiger partial charge in [0, 0.05) is 24.6 Å². The fourth-order valence-electron chi connectivity index (χ4n) is 2.82. The van der Waals surface area contributed by atoms with E-state index in [1.165, 1.54) is 4.90 Å². The number of carbonyl (C=O) groups is 2. The van der Waals surface area contributed by atoms with E-state index in [4.69, 9.17) is 5.11 Å². The number of rotatable bonds is 2. The first-order chi connectivity index (χ1) is 9.29. The largest absolute Gasteiger partial charge is 0.481 e. The molecular formula is C13H16F3NO3. The van der Waals surface area contributed by atoms with Crippen molar-refractivity contribution in [3.05, 3.63) is 11.6 Å². The quantitative estimate of drug-likeness (QED) is 0.794. The molecule has 7 heteroatoms. The van der Waals surface area contributed by atoms with Crippen LogP contribution in [-0.2, 0) is 9.59 Å². The van der Waals surface area contributed by atoms with Crippen molar-refractivity contribution in [1.29, 1.82) is 0 Å². The van der Waals surface area contributed by atoms with Crippen LogP contribution in [0.4, 0.5) is 13.2 Å². The first kappa shape index (κ1) is 14.9. The molecule has 0 aromatic rings. The number of hydrogen-bond donors (Lipinski definition) is 1. The summed E-state index contributed by atoms with van der Waals surface area (Å²) in [6.07, 6.45) is -2.21. The minimum absolute atomic E-state index is 0.0398. The Morgan fingerprint density at radius 1 is 1.25 bits per heavy atom. The third-order valence-corrected chi connectivity index (χ3v) is 4.02. The molecule has 20 heavy (non-hydrogen) atoms. The predicted octanol–water partition coefficient (Wildman–Crippen LogP) is 2.21. The summed E-state index contributed by atoms with van der Waals surface area (Å²) in [6.45, 7) is 0.0142. The summed E-state index contributed by atoms with van der Waals surface area (Å²) in [7, 11) is 0. The maximum atomic E-state index is 12.5. The van der Waals surface area contributed by atoms with Crippen molar-refractivity contribution < 1.29 is 27.9 Å². The Kier molecular flexibility index (Phi) is 4.06. The fraction of sp³-hybridized carbons (Fsp3) is 0.692. The Balaban J connectivity index is 1.93. The zero-order chi connectivity index (χ0) is 14.9. The van der Waals surface area contributed by atoms with Crippen LogP contribution in [0.25, 0.3) is 0 Å². The number of nitrogens with zero attached hydrogens (tertiary/aromatic N) is 1. The highest BCUT2D eigenvalue weighted by Gasteiger charge is 2.39. The lowest BCUT2D eigenvalue weighted by atomic mass is 10.0. The van der Waals surface area contributed by atoms with E-state index >= 15 is 0 Å². The number of carboxylic acid groups (broad SMARTS) is 1. The van der Waals surface area contributed by atoms with Gasteiger partial charge in [-0.3, -0.25) is 9.59 Å². The van der Waals surface area contributed by atoms with Crippen molar-refractivity contribution in [1.82, 2.24) is 4.90 Å². The van der Waals surface area contributed by atoms with Crippen LogP contribution in [0.1, 0.15) is 25.7 Å². The van der Waals surface area contributed by atoms with Gasteiger partial charge in [-0.1, -0.05) is 6.08 Å². The molecule has 112 valence electrons. The third-order valence-electron chi connectivity index (χ3n) is 4.02. The summed E-state index contributed by atoms with van der Waals surface area (Å²) in [4.78, 5) is 24.4. The first-order valence-corrected chi connectivity index (χ1v) is 6.57. The van der Waals surface area contributed by atoms with Crippen molar-refractivity contribution in [2.24, 2.45) is 11.8 Å². The van der Waals surface area contributed by atoms with Crippen molar-refractivity contribution in [3.8, 4) is 0 Å². The summed E-state index contributed by atoms with van der Waals surface area (Å²) in [5.41, 5.74) is -0.587. The van der Waals surface area contributed by atoms with Crippen LogP contribution in [0, 0.1) is 11.8 Å². The molecule has 0 aromatic carbocycles. The highest BCUT2D eigenvalue weighted by molar-refractivity contribution is 5.81. The van der Waals surface area contributed by atoms with Gasteiger partial charge in [-0.25, -0.2) is 0 Å². The Hall–Kier alpha value is -1.53. The molecule has 1 fully saturated rings. The molecule has 0 unspecified atom stereocenters. The second-order valence-electron chi connectivity index (χ2n) is 5.31.